The molecule has 150 valence electrons. The van der Waals surface area contributed by atoms with Gasteiger partial charge in [-0.2, -0.15) is 0 Å². The molecule has 2 aromatic carbocycles. The van der Waals surface area contributed by atoms with Gasteiger partial charge >= 0.3 is 0 Å². The molecule has 1 amide bonds. The molecule has 1 N–H and O–H groups in total. The predicted octanol–water partition coefficient (Wildman–Crippen LogP) is 4.41. The number of nitrogens with zero attached hydrogens (tertiary/aromatic N) is 3. The maximum atomic E-state index is 12.4. The van der Waals surface area contributed by atoms with E-state index in [2.05, 4.69) is 20.1 Å². The van der Waals surface area contributed by atoms with Crippen molar-refractivity contribution in [2.45, 2.75) is 37.1 Å². The van der Waals surface area contributed by atoms with Crippen LogP contribution >= 0.6 is 11.8 Å². The Labute approximate surface area is 174 Å². The Morgan fingerprint density at radius 1 is 1.14 bits per heavy atom. The van der Waals surface area contributed by atoms with Crippen LogP contribution in [0.1, 0.15) is 25.1 Å². The summed E-state index contributed by atoms with van der Waals surface area (Å²) in [6, 6.07) is 15.5. The summed E-state index contributed by atoms with van der Waals surface area (Å²) in [6.07, 6.45) is 4.52. The molecule has 4 rings (SSSR count). The van der Waals surface area contributed by atoms with Crippen molar-refractivity contribution in [3.8, 4) is 17.1 Å². The number of aryl methyl sites for hydroxylation is 1. The standard InChI is InChI=1S/C22H24N4O2S/c1-28-18-9-11-19(12-10-18)29-15-21(27)23-17-7-5-6-16(14-17)22-25-24-20-8-3-2-4-13-26(20)22/h5-7,9-12,14H,2-4,8,13,15H2,1H3,(H,23,27). The third-order valence-electron chi connectivity index (χ3n) is 4.94. The van der Waals surface area contributed by atoms with Crippen LogP contribution in [0.2, 0.25) is 0 Å². The van der Waals surface area contributed by atoms with Crippen molar-refractivity contribution in [3.63, 3.8) is 0 Å². The third-order valence-corrected chi connectivity index (χ3v) is 5.96. The SMILES string of the molecule is COc1ccc(SCC(=O)Nc2cccc(-c3nnc4n3CCCCC4)c2)cc1. The number of carbonyl (C=O) groups excluding carboxylic acids is 1. The molecule has 1 aromatic heterocycles. The van der Waals surface area contributed by atoms with E-state index in [4.69, 9.17) is 4.74 Å². The molecule has 7 heteroatoms. The van der Waals surface area contributed by atoms with Crippen LogP contribution < -0.4 is 10.1 Å². The molecular weight excluding hydrogens is 384 g/mol. The largest absolute Gasteiger partial charge is 0.497 e. The number of thioether (sulfide) groups is 1. The molecule has 0 radical (unpaired) electrons. The average Bonchev–Trinajstić information content (AvgIpc) is 3.01. The molecule has 0 bridgehead atoms. The zero-order valence-electron chi connectivity index (χ0n) is 16.4. The maximum absolute atomic E-state index is 12.4. The molecule has 2 heterocycles. The molecule has 6 nitrogen and oxygen atoms in total. The smallest absolute Gasteiger partial charge is 0.234 e. The number of carbonyl (C=O) groups is 1. The van der Waals surface area contributed by atoms with Gasteiger partial charge in [0.2, 0.25) is 5.91 Å². The van der Waals surface area contributed by atoms with Gasteiger partial charge in [0.15, 0.2) is 5.82 Å². The minimum atomic E-state index is -0.0389. The van der Waals surface area contributed by atoms with E-state index in [1.807, 2.05) is 48.5 Å². The summed E-state index contributed by atoms with van der Waals surface area (Å²) in [6.45, 7) is 0.951. The lowest BCUT2D eigenvalue weighted by molar-refractivity contribution is -0.113. The number of fused-ring (bicyclic) bond motifs is 1. The van der Waals surface area contributed by atoms with Gasteiger partial charge in [0.05, 0.1) is 12.9 Å². The van der Waals surface area contributed by atoms with E-state index < -0.39 is 0 Å². The van der Waals surface area contributed by atoms with Gasteiger partial charge < -0.3 is 14.6 Å². The van der Waals surface area contributed by atoms with Crippen LogP contribution in [0.4, 0.5) is 5.69 Å². The zero-order chi connectivity index (χ0) is 20.1. The monoisotopic (exact) mass is 408 g/mol. The first kappa shape index (κ1) is 19.5. The molecule has 0 unspecified atom stereocenters. The normalized spacial score (nSPS) is 13.4. The highest BCUT2D eigenvalue weighted by atomic mass is 32.2. The van der Waals surface area contributed by atoms with Crippen LogP contribution in [0.5, 0.6) is 5.75 Å². The summed E-state index contributed by atoms with van der Waals surface area (Å²) in [5.41, 5.74) is 1.75. The van der Waals surface area contributed by atoms with E-state index in [-0.39, 0.29) is 5.91 Å². The Kier molecular flexibility index (Phi) is 6.14. The van der Waals surface area contributed by atoms with Gasteiger partial charge in [0, 0.05) is 29.1 Å². The van der Waals surface area contributed by atoms with Gasteiger partial charge in [0.1, 0.15) is 11.6 Å². The fourth-order valence-corrected chi connectivity index (χ4v) is 4.15. The quantitative estimate of drug-likeness (QED) is 0.612. The molecule has 0 saturated heterocycles. The summed E-state index contributed by atoms with van der Waals surface area (Å²) in [5, 5.41) is 11.8. The summed E-state index contributed by atoms with van der Waals surface area (Å²) in [4.78, 5) is 13.4. The van der Waals surface area contributed by atoms with Gasteiger partial charge in [-0.15, -0.1) is 22.0 Å². The van der Waals surface area contributed by atoms with Gasteiger partial charge in [-0.05, 0) is 49.2 Å². The first-order chi connectivity index (χ1) is 14.2. The molecule has 0 spiro atoms. The van der Waals surface area contributed by atoms with Crippen molar-refractivity contribution in [1.29, 1.82) is 0 Å². The van der Waals surface area contributed by atoms with Crippen LogP contribution in [0.25, 0.3) is 11.4 Å². The Bertz CT molecular complexity index is 985. The number of nitrogens with one attached hydrogen (secondary N) is 1. The number of benzene rings is 2. The summed E-state index contributed by atoms with van der Waals surface area (Å²) in [5.74, 6) is 3.05. The van der Waals surface area contributed by atoms with Crippen LogP contribution in [-0.4, -0.2) is 33.5 Å². The second kappa shape index (κ2) is 9.13. The second-order valence-corrected chi connectivity index (χ2v) is 8.04. The molecule has 1 aliphatic heterocycles. The van der Waals surface area contributed by atoms with Gasteiger partial charge in [-0.25, -0.2) is 0 Å². The van der Waals surface area contributed by atoms with Crippen LogP contribution in [0, 0.1) is 0 Å². The number of ether oxygens (including phenoxy) is 1. The van der Waals surface area contributed by atoms with E-state index in [1.165, 1.54) is 24.6 Å². The summed E-state index contributed by atoms with van der Waals surface area (Å²) in [7, 11) is 1.64. The number of amides is 1. The first-order valence-corrected chi connectivity index (χ1v) is 10.8. The minimum Gasteiger partial charge on any atom is -0.497 e. The Hall–Kier alpha value is -2.80. The fraction of sp³-hybridized carbons (Fsp3) is 0.318. The van der Waals surface area contributed by atoms with Crippen LogP contribution in [0.15, 0.2) is 53.4 Å². The lowest BCUT2D eigenvalue weighted by Crippen LogP contribution is -2.14. The summed E-state index contributed by atoms with van der Waals surface area (Å²) < 4.78 is 7.37. The van der Waals surface area contributed by atoms with E-state index >= 15 is 0 Å². The number of methoxy groups -OCH3 is 1. The van der Waals surface area contributed by atoms with Crippen LogP contribution in [0.3, 0.4) is 0 Å². The molecule has 0 saturated carbocycles. The number of anilines is 1. The predicted molar refractivity (Wildman–Crippen MR) is 115 cm³/mol. The lowest BCUT2D eigenvalue weighted by atomic mass is 10.2. The number of hydrogen-bond donors (Lipinski definition) is 1. The van der Waals surface area contributed by atoms with Crippen molar-refractivity contribution in [2.24, 2.45) is 0 Å². The Balaban J connectivity index is 1.41. The van der Waals surface area contributed by atoms with Gasteiger partial charge in [0.25, 0.3) is 0 Å². The zero-order valence-corrected chi connectivity index (χ0v) is 17.2. The summed E-state index contributed by atoms with van der Waals surface area (Å²) >= 11 is 1.50. The molecule has 3 aromatic rings. The topological polar surface area (TPSA) is 69.0 Å². The molecule has 0 atom stereocenters. The first-order valence-electron chi connectivity index (χ1n) is 9.82. The van der Waals surface area contributed by atoms with Crippen molar-refractivity contribution in [2.75, 3.05) is 18.2 Å². The van der Waals surface area contributed by atoms with E-state index in [1.54, 1.807) is 7.11 Å². The van der Waals surface area contributed by atoms with Gasteiger partial charge in [-0.1, -0.05) is 18.6 Å². The molecule has 1 aliphatic rings. The van der Waals surface area contributed by atoms with E-state index in [9.17, 15) is 4.79 Å². The highest BCUT2D eigenvalue weighted by Gasteiger charge is 2.16. The van der Waals surface area contributed by atoms with Crippen molar-refractivity contribution in [3.05, 3.63) is 54.4 Å². The Morgan fingerprint density at radius 3 is 2.83 bits per heavy atom. The fourth-order valence-electron chi connectivity index (χ4n) is 3.45. The second-order valence-electron chi connectivity index (χ2n) is 7.00. The van der Waals surface area contributed by atoms with E-state index in [0.717, 1.165) is 52.9 Å². The molecule has 0 fully saturated rings. The highest BCUT2D eigenvalue weighted by molar-refractivity contribution is 8.00. The number of aromatic nitrogens is 3. The Morgan fingerprint density at radius 2 is 2.00 bits per heavy atom. The van der Waals surface area contributed by atoms with Crippen LogP contribution in [-0.2, 0) is 17.8 Å². The third kappa shape index (κ3) is 4.79. The van der Waals surface area contributed by atoms with Crippen molar-refractivity contribution < 1.29 is 9.53 Å². The molecule has 0 aliphatic carbocycles. The maximum Gasteiger partial charge on any atom is 0.234 e. The van der Waals surface area contributed by atoms with E-state index in [0.29, 0.717) is 5.75 Å². The van der Waals surface area contributed by atoms with Gasteiger partial charge in [-0.3, -0.25) is 4.79 Å². The van der Waals surface area contributed by atoms with Crippen molar-refractivity contribution >= 4 is 23.4 Å². The van der Waals surface area contributed by atoms with Crippen molar-refractivity contribution in [1.82, 2.24) is 14.8 Å². The molecule has 29 heavy (non-hydrogen) atoms. The number of rotatable bonds is 6. The lowest BCUT2D eigenvalue weighted by Gasteiger charge is -2.09. The number of hydrogen-bond acceptors (Lipinski definition) is 5. The molecular formula is C22H24N4O2S. The average molecular weight is 409 g/mol. The minimum absolute atomic E-state index is 0.0389. The highest BCUT2D eigenvalue weighted by Crippen LogP contribution is 2.25.